The van der Waals surface area contributed by atoms with E-state index in [-0.39, 0.29) is 22.2 Å². The summed E-state index contributed by atoms with van der Waals surface area (Å²) in [5, 5.41) is 3.94. The Balaban J connectivity index is 1.21. The first-order valence-corrected chi connectivity index (χ1v) is 12.8. The summed E-state index contributed by atoms with van der Waals surface area (Å²) in [6.45, 7) is 1.34. The number of aromatic nitrogens is 2. The quantitative estimate of drug-likeness (QED) is 0.436. The van der Waals surface area contributed by atoms with E-state index < -0.39 is 17.5 Å². The van der Waals surface area contributed by atoms with Gasteiger partial charge in [-0.2, -0.15) is 13.8 Å². The largest absolute Gasteiger partial charge is 0.497 e. The molecule has 36 heavy (non-hydrogen) atoms. The summed E-state index contributed by atoms with van der Waals surface area (Å²) in [6.07, 6.45) is 6.73. The first kappa shape index (κ1) is 23.8. The molecule has 0 N–H and O–H groups in total. The molecule has 194 valence electrons. The summed E-state index contributed by atoms with van der Waals surface area (Å²) in [6, 6.07) is 7.55. The van der Waals surface area contributed by atoms with Gasteiger partial charge in [0.15, 0.2) is 5.82 Å². The molecule has 0 saturated heterocycles. The zero-order valence-electron chi connectivity index (χ0n) is 20.8. The molecule has 6 aliphatic rings. The molecule has 0 unspecified atom stereocenters. The molecule has 1 amide bonds. The standard InChI is InChI=1S/C27H32F3N3O3/c1-23(28,29)22-31-21(32-36-22)26-9-6-24(7-10-26,8-11-26)17-33(18-4-3-5-19(12-18)35-2)20(34)13-25-14-27(30,15-25)16-25/h3-5,12H,6-11,13-17H2,1-2H3. The fourth-order valence-corrected chi connectivity index (χ4v) is 7.35. The molecule has 1 aromatic carbocycles. The van der Waals surface area contributed by atoms with Crippen LogP contribution in [0.2, 0.25) is 0 Å². The highest BCUT2D eigenvalue weighted by atomic mass is 19.3. The van der Waals surface area contributed by atoms with E-state index in [1.807, 2.05) is 29.2 Å². The van der Waals surface area contributed by atoms with Gasteiger partial charge in [0, 0.05) is 37.1 Å². The van der Waals surface area contributed by atoms with Crippen LogP contribution in [0.3, 0.4) is 0 Å². The van der Waals surface area contributed by atoms with E-state index in [1.165, 1.54) is 0 Å². The summed E-state index contributed by atoms with van der Waals surface area (Å²) in [5.74, 6) is -2.68. The minimum absolute atomic E-state index is 0.0368. The Hall–Kier alpha value is -2.58. The van der Waals surface area contributed by atoms with Crippen molar-refractivity contribution in [3.63, 3.8) is 0 Å². The highest BCUT2D eigenvalue weighted by Gasteiger charge is 2.69. The van der Waals surface area contributed by atoms with Crippen LogP contribution in [0.1, 0.15) is 82.8 Å². The molecule has 9 heteroatoms. The number of hydrogen-bond donors (Lipinski definition) is 0. The van der Waals surface area contributed by atoms with Crippen molar-refractivity contribution in [3.05, 3.63) is 36.0 Å². The predicted octanol–water partition coefficient (Wildman–Crippen LogP) is 6.10. The molecule has 6 aliphatic carbocycles. The molecule has 4 bridgehead atoms. The van der Waals surface area contributed by atoms with Crippen LogP contribution >= 0.6 is 0 Å². The van der Waals surface area contributed by atoms with Crippen LogP contribution in [0.15, 0.2) is 28.8 Å². The molecule has 0 atom stereocenters. The monoisotopic (exact) mass is 503 g/mol. The van der Waals surface area contributed by atoms with Crippen molar-refractivity contribution >= 4 is 11.6 Å². The molecule has 2 aromatic rings. The second-order valence-electron chi connectivity index (χ2n) is 12.1. The number of amides is 1. The highest BCUT2D eigenvalue weighted by molar-refractivity contribution is 5.94. The molecule has 6 saturated carbocycles. The number of nitrogens with zero attached hydrogens (tertiary/aromatic N) is 3. The SMILES string of the molecule is COc1cccc(N(CC23CCC(c4noc(C(C)(F)F)n4)(CC2)CC3)C(=O)CC23CC(F)(C2)C3)c1. The van der Waals surface area contributed by atoms with Gasteiger partial charge in [-0.15, -0.1) is 0 Å². The molecule has 0 radical (unpaired) electrons. The van der Waals surface area contributed by atoms with Gasteiger partial charge in [-0.1, -0.05) is 11.2 Å². The van der Waals surface area contributed by atoms with Crippen molar-refractivity contribution in [3.8, 4) is 5.75 Å². The van der Waals surface area contributed by atoms with Crippen LogP contribution < -0.4 is 9.64 Å². The number of hydrogen-bond acceptors (Lipinski definition) is 5. The molecule has 6 fully saturated rings. The predicted molar refractivity (Wildman–Crippen MR) is 126 cm³/mol. The summed E-state index contributed by atoms with van der Waals surface area (Å²) in [4.78, 5) is 19.6. The van der Waals surface area contributed by atoms with Gasteiger partial charge in [0.05, 0.1) is 7.11 Å². The zero-order chi connectivity index (χ0) is 25.4. The molecular weight excluding hydrogens is 471 g/mol. The summed E-state index contributed by atoms with van der Waals surface area (Å²) in [7, 11) is 1.60. The Kier molecular flexibility index (Phi) is 5.10. The Morgan fingerprint density at radius 1 is 1.11 bits per heavy atom. The van der Waals surface area contributed by atoms with Gasteiger partial charge in [-0.3, -0.25) is 4.79 Å². The third-order valence-electron chi connectivity index (χ3n) is 9.44. The van der Waals surface area contributed by atoms with E-state index in [1.54, 1.807) is 7.11 Å². The average Bonchev–Trinajstić information content (AvgIpc) is 3.34. The van der Waals surface area contributed by atoms with Gasteiger partial charge >= 0.3 is 5.92 Å². The molecule has 1 aromatic heterocycles. The summed E-state index contributed by atoms with van der Waals surface area (Å²) in [5.41, 5.74) is -0.826. The lowest BCUT2D eigenvalue weighted by Crippen LogP contribution is -2.65. The van der Waals surface area contributed by atoms with Crippen molar-refractivity contribution in [1.82, 2.24) is 10.1 Å². The molecule has 1 heterocycles. The van der Waals surface area contributed by atoms with E-state index in [2.05, 4.69) is 10.1 Å². The first-order chi connectivity index (χ1) is 17.0. The first-order valence-electron chi connectivity index (χ1n) is 12.8. The lowest BCUT2D eigenvalue weighted by atomic mass is 9.41. The van der Waals surface area contributed by atoms with E-state index in [0.29, 0.717) is 43.8 Å². The summed E-state index contributed by atoms with van der Waals surface area (Å²) < 4.78 is 51.8. The topological polar surface area (TPSA) is 68.5 Å². The van der Waals surface area contributed by atoms with Gasteiger partial charge in [-0.25, -0.2) is 4.39 Å². The average molecular weight is 504 g/mol. The fraction of sp³-hybridized carbons (Fsp3) is 0.667. The van der Waals surface area contributed by atoms with Crippen molar-refractivity contribution in [1.29, 1.82) is 0 Å². The number of anilines is 1. The second kappa shape index (κ2) is 7.71. The van der Waals surface area contributed by atoms with Gasteiger partial charge in [0.1, 0.15) is 11.4 Å². The van der Waals surface area contributed by atoms with Crippen LogP contribution in [0.5, 0.6) is 5.75 Å². The number of methoxy groups -OCH3 is 1. The molecular formula is C27H32F3N3O3. The number of benzene rings is 1. The van der Waals surface area contributed by atoms with Gasteiger partial charge < -0.3 is 14.2 Å². The second-order valence-corrected chi connectivity index (χ2v) is 12.1. The van der Waals surface area contributed by atoms with Crippen molar-refractivity contribution in [2.75, 3.05) is 18.6 Å². The third kappa shape index (κ3) is 3.80. The molecule has 6 nitrogen and oxygen atoms in total. The maximum atomic E-state index is 14.1. The van der Waals surface area contributed by atoms with Crippen LogP contribution in [-0.4, -0.2) is 35.4 Å². The van der Waals surface area contributed by atoms with E-state index in [4.69, 9.17) is 9.26 Å². The van der Waals surface area contributed by atoms with Crippen molar-refractivity contribution in [2.24, 2.45) is 10.8 Å². The third-order valence-corrected chi connectivity index (χ3v) is 9.44. The number of ether oxygens (including phenoxy) is 1. The summed E-state index contributed by atoms with van der Waals surface area (Å²) >= 11 is 0. The van der Waals surface area contributed by atoms with Gasteiger partial charge in [-0.05, 0) is 80.8 Å². The van der Waals surface area contributed by atoms with E-state index >= 15 is 0 Å². The van der Waals surface area contributed by atoms with E-state index in [0.717, 1.165) is 51.1 Å². The fourth-order valence-electron chi connectivity index (χ4n) is 7.35. The Morgan fingerprint density at radius 3 is 2.33 bits per heavy atom. The lowest BCUT2D eigenvalue weighted by molar-refractivity contribution is -0.215. The number of halogens is 3. The number of carbonyl (C=O) groups excluding carboxylic acids is 1. The number of fused-ring (bicyclic) bond motifs is 3. The highest BCUT2D eigenvalue weighted by Crippen LogP contribution is 2.71. The van der Waals surface area contributed by atoms with Gasteiger partial charge in [0.25, 0.3) is 5.89 Å². The maximum absolute atomic E-state index is 14.1. The Morgan fingerprint density at radius 2 is 1.78 bits per heavy atom. The van der Waals surface area contributed by atoms with Crippen LogP contribution in [0.4, 0.5) is 18.9 Å². The van der Waals surface area contributed by atoms with Crippen LogP contribution in [-0.2, 0) is 16.1 Å². The number of alkyl halides is 3. The van der Waals surface area contributed by atoms with E-state index in [9.17, 15) is 18.0 Å². The number of rotatable bonds is 8. The normalized spacial score (nSPS) is 34.6. The van der Waals surface area contributed by atoms with Crippen LogP contribution in [0, 0.1) is 10.8 Å². The zero-order valence-corrected chi connectivity index (χ0v) is 20.8. The van der Waals surface area contributed by atoms with Crippen LogP contribution in [0.25, 0.3) is 0 Å². The maximum Gasteiger partial charge on any atom is 0.322 e. The Labute approximate surface area is 208 Å². The minimum Gasteiger partial charge on any atom is -0.497 e. The molecule has 0 aliphatic heterocycles. The minimum atomic E-state index is -3.16. The van der Waals surface area contributed by atoms with Crippen molar-refractivity contribution < 1.29 is 27.2 Å². The smallest absolute Gasteiger partial charge is 0.322 e. The Bertz CT molecular complexity index is 1150. The number of carbonyl (C=O) groups is 1. The van der Waals surface area contributed by atoms with Gasteiger partial charge in [0.2, 0.25) is 5.91 Å². The molecule has 8 rings (SSSR count). The molecule has 0 spiro atoms. The van der Waals surface area contributed by atoms with Crippen molar-refractivity contribution in [2.45, 2.75) is 88.1 Å². The lowest BCUT2D eigenvalue weighted by Gasteiger charge is -2.66.